The summed E-state index contributed by atoms with van der Waals surface area (Å²) in [6.45, 7) is 5.45. The molecule has 5 nitrogen and oxygen atoms in total. The normalized spacial score (nSPS) is 11.2. The number of rotatable bonds is 2. The van der Waals surface area contributed by atoms with E-state index in [-0.39, 0.29) is 5.97 Å². The van der Waals surface area contributed by atoms with Crippen LogP contribution in [0.25, 0.3) is 10.8 Å². The first kappa shape index (κ1) is 14.8. The monoisotopic (exact) mass is 287 g/mol. The van der Waals surface area contributed by atoms with Gasteiger partial charge in [-0.3, -0.25) is 5.32 Å². The van der Waals surface area contributed by atoms with E-state index in [0.717, 1.165) is 10.8 Å². The molecule has 0 aliphatic carbocycles. The second kappa shape index (κ2) is 5.44. The van der Waals surface area contributed by atoms with E-state index in [2.05, 4.69) is 5.32 Å². The molecule has 0 bridgehead atoms. The maximum Gasteiger partial charge on any atom is 0.409 e. The number of esters is 1. The van der Waals surface area contributed by atoms with Crippen LogP contribution in [0.4, 0.5) is 10.5 Å². The first-order chi connectivity index (χ1) is 9.74. The number of benzene rings is 2. The first-order valence-electron chi connectivity index (χ1n) is 6.52. The second-order valence-electron chi connectivity index (χ2n) is 5.71. The van der Waals surface area contributed by atoms with E-state index < -0.39 is 11.7 Å². The summed E-state index contributed by atoms with van der Waals surface area (Å²) < 4.78 is 5.32. The van der Waals surface area contributed by atoms with Crippen LogP contribution in [-0.2, 0) is 4.74 Å². The number of carboxylic acid groups (broad SMARTS) is 1. The molecule has 0 unspecified atom stereocenters. The number of amides is 1. The molecular weight excluding hydrogens is 270 g/mol. The third kappa shape index (κ3) is 3.95. The average molecular weight is 287 g/mol. The zero-order valence-electron chi connectivity index (χ0n) is 12.1. The van der Waals surface area contributed by atoms with Crippen molar-refractivity contribution in [3.8, 4) is 0 Å². The Morgan fingerprint density at radius 1 is 1.05 bits per heavy atom. The number of hydrogen-bond acceptors (Lipinski definition) is 3. The van der Waals surface area contributed by atoms with Crippen LogP contribution in [0.1, 0.15) is 31.1 Å². The number of hydrogen-bond donors (Lipinski definition) is 2. The Kier molecular flexibility index (Phi) is 3.84. The predicted molar refractivity (Wildman–Crippen MR) is 80.8 cm³/mol. The van der Waals surface area contributed by atoms with E-state index in [9.17, 15) is 9.59 Å². The highest BCUT2D eigenvalue weighted by Crippen LogP contribution is 2.22. The molecule has 0 aliphatic heterocycles. The van der Waals surface area contributed by atoms with Crippen molar-refractivity contribution >= 4 is 28.5 Å². The summed E-state index contributed by atoms with van der Waals surface area (Å²) >= 11 is 0. The molecule has 2 N–H and O–H groups in total. The lowest BCUT2D eigenvalue weighted by Gasteiger charge is -2.19. The molecule has 0 aromatic heterocycles. The van der Waals surface area contributed by atoms with E-state index in [0.29, 0.717) is 11.3 Å². The Balaban J connectivity index is 2.30. The van der Waals surface area contributed by atoms with Gasteiger partial charge in [-0.15, -0.1) is 0 Å². The lowest BCUT2D eigenvalue weighted by molar-refractivity contribution is 0.00696. The van der Waals surface area contributed by atoms with Gasteiger partial charge in [-0.05, 0) is 55.8 Å². The van der Waals surface area contributed by atoms with Gasteiger partial charge in [0, 0.05) is 5.69 Å². The molecule has 0 fully saturated rings. The molecule has 0 saturated carbocycles. The molecule has 110 valence electrons. The Morgan fingerprint density at radius 2 is 1.67 bits per heavy atom. The van der Waals surface area contributed by atoms with Gasteiger partial charge in [-0.25, -0.2) is 9.59 Å². The Labute approximate surface area is 122 Å². The van der Waals surface area contributed by atoms with E-state index in [1.54, 1.807) is 36.4 Å². The molecular formula is C16H17NO4. The van der Waals surface area contributed by atoms with Gasteiger partial charge in [0.15, 0.2) is 0 Å². The average Bonchev–Trinajstić information content (AvgIpc) is 2.35. The molecule has 1 amide bonds. The smallest absolute Gasteiger partial charge is 0.409 e. The fourth-order valence-corrected chi connectivity index (χ4v) is 1.91. The zero-order valence-corrected chi connectivity index (χ0v) is 12.1. The Morgan fingerprint density at radius 3 is 2.29 bits per heavy atom. The van der Waals surface area contributed by atoms with Crippen molar-refractivity contribution in [2.24, 2.45) is 0 Å². The van der Waals surface area contributed by atoms with Crippen molar-refractivity contribution in [2.75, 3.05) is 5.32 Å². The molecule has 5 heteroatoms. The van der Waals surface area contributed by atoms with Gasteiger partial charge in [-0.1, -0.05) is 12.1 Å². The maximum atomic E-state index is 12.0. The minimum absolute atomic E-state index is 0.378. The quantitative estimate of drug-likeness (QED) is 0.822. The first-order valence-corrected chi connectivity index (χ1v) is 6.52. The zero-order chi connectivity index (χ0) is 15.6. The predicted octanol–water partition coefficient (Wildman–Crippen LogP) is 3.89. The lowest BCUT2D eigenvalue weighted by atomic mass is 10.1. The summed E-state index contributed by atoms with van der Waals surface area (Å²) in [7, 11) is 0. The number of ether oxygens (including phenoxy) is 1. The van der Waals surface area contributed by atoms with Crippen LogP contribution in [0.3, 0.4) is 0 Å². The van der Waals surface area contributed by atoms with Gasteiger partial charge < -0.3 is 9.84 Å². The largest absolute Gasteiger partial charge is 0.465 e. The van der Waals surface area contributed by atoms with Gasteiger partial charge >= 0.3 is 12.1 Å². The van der Waals surface area contributed by atoms with E-state index >= 15 is 0 Å². The van der Waals surface area contributed by atoms with Crippen molar-refractivity contribution in [3.63, 3.8) is 0 Å². The highest BCUT2D eigenvalue weighted by atomic mass is 16.6. The number of carbonyl (C=O) groups is 2. The molecule has 0 atom stereocenters. The molecule has 0 saturated heterocycles. The SMILES string of the molecule is CC(C)(C)OC(=O)c1ccc2cc(NC(=O)O)ccc2c1. The van der Waals surface area contributed by atoms with Gasteiger partial charge in [-0.2, -0.15) is 0 Å². The number of nitrogens with one attached hydrogen (secondary N) is 1. The third-order valence-corrected chi connectivity index (χ3v) is 2.73. The minimum Gasteiger partial charge on any atom is -0.465 e. The fraction of sp³-hybridized carbons (Fsp3) is 0.250. The van der Waals surface area contributed by atoms with E-state index in [1.165, 1.54) is 0 Å². The van der Waals surface area contributed by atoms with Crippen LogP contribution in [0.2, 0.25) is 0 Å². The topological polar surface area (TPSA) is 75.6 Å². The van der Waals surface area contributed by atoms with Gasteiger partial charge in [0.1, 0.15) is 5.60 Å². The molecule has 21 heavy (non-hydrogen) atoms. The van der Waals surface area contributed by atoms with Crippen LogP contribution in [0.15, 0.2) is 36.4 Å². The minimum atomic E-state index is -1.11. The lowest BCUT2D eigenvalue weighted by Crippen LogP contribution is -2.23. The molecule has 2 aromatic carbocycles. The highest BCUT2D eigenvalue weighted by Gasteiger charge is 2.17. The molecule has 2 rings (SSSR count). The standard InChI is InChI=1S/C16H17NO4/c1-16(2,3)21-14(18)12-5-4-11-9-13(17-15(19)20)7-6-10(11)8-12/h4-9,17H,1-3H3,(H,19,20). The van der Waals surface area contributed by atoms with Crippen LogP contribution in [0.5, 0.6) is 0 Å². The summed E-state index contributed by atoms with van der Waals surface area (Å²) in [6, 6.07) is 10.3. The molecule has 0 spiro atoms. The molecule has 2 aromatic rings. The Hall–Kier alpha value is -2.56. The Bertz CT molecular complexity index is 701. The molecule has 0 radical (unpaired) electrons. The van der Waals surface area contributed by atoms with Gasteiger partial charge in [0.2, 0.25) is 0 Å². The van der Waals surface area contributed by atoms with Crippen LogP contribution in [0, 0.1) is 0 Å². The number of anilines is 1. The molecule has 0 heterocycles. The van der Waals surface area contributed by atoms with Crippen molar-refractivity contribution in [1.29, 1.82) is 0 Å². The van der Waals surface area contributed by atoms with E-state index in [4.69, 9.17) is 9.84 Å². The van der Waals surface area contributed by atoms with Crippen molar-refractivity contribution in [3.05, 3.63) is 42.0 Å². The summed E-state index contributed by atoms with van der Waals surface area (Å²) in [5.41, 5.74) is 0.415. The summed E-state index contributed by atoms with van der Waals surface area (Å²) in [4.78, 5) is 22.6. The third-order valence-electron chi connectivity index (χ3n) is 2.73. The van der Waals surface area contributed by atoms with E-state index in [1.807, 2.05) is 20.8 Å². The number of carbonyl (C=O) groups excluding carboxylic acids is 1. The summed E-state index contributed by atoms with van der Waals surface area (Å²) in [5.74, 6) is -0.378. The summed E-state index contributed by atoms with van der Waals surface area (Å²) in [5, 5.41) is 12.7. The van der Waals surface area contributed by atoms with Crippen LogP contribution in [-0.4, -0.2) is 22.8 Å². The maximum absolute atomic E-state index is 12.0. The van der Waals surface area contributed by atoms with Gasteiger partial charge in [0.05, 0.1) is 5.56 Å². The number of fused-ring (bicyclic) bond motifs is 1. The second-order valence-corrected chi connectivity index (χ2v) is 5.71. The van der Waals surface area contributed by atoms with Gasteiger partial charge in [0.25, 0.3) is 0 Å². The summed E-state index contributed by atoms with van der Waals surface area (Å²) in [6.07, 6.45) is -1.11. The van der Waals surface area contributed by atoms with Crippen LogP contribution < -0.4 is 5.32 Å². The van der Waals surface area contributed by atoms with Crippen molar-refractivity contribution in [1.82, 2.24) is 0 Å². The molecule has 0 aliphatic rings. The van der Waals surface area contributed by atoms with Crippen LogP contribution >= 0.6 is 0 Å². The fourth-order valence-electron chi connectivity index (χ4n) is 1.91. The van der Waals surface area contributed by atoms with Crippen molar-refractivity contribution in [2.45, 2.75) is 26.4 Å². The van der Waals surface area contributed by atoms with Crippen molar-refractivity contribution < 1.29 is 19.4 Å². The highest BCUT2D eigenvalue weighted by molar-refractivity contribution is 5.97.